The molecule has 1 heterocycles. The predicted octanol–water partition coefficient (Wildman–Crippen LogP) is 3.07. The van der Waals surface area contributed by atoms with Crippen LogP contribution in [0.15, 0.2) is 30.5 Å². The van der Waals surface area contributed by atoms with E-state index < -0.39 is 5.97 Å². The van der Waals surface area contributed by atoms with Gasteiger partial charge in [0.15, 0.2) is 0 Å². The van der Waals surface area contributed by atoms with Gasteiger partial charge in [0, 0.05) is 5.92 Å². The normalized spacial score (nSPS) is 14.3. The zero-order chi connectivity index (χ0) is 14.1. The summed E-state index contributed by atoms with van der Waals surface area (Å²) in [5.74, 6) is -0.485. The van der Waals surface area contributed by atoms with Gasteiger partial charge in [0.25, 0.3) is 0 Å². The molecule has 0 bridgehead atoms. The van der Waals surface area contributed by atoms with Gasteiger partial charge in [0.2, 0.25) is 0 Å². The molecule has 4 nitrogen and oxygen atoms in total. The highest BCUT2D eigenvalue weighted by Crippen LogP contribution is 2.42. The Morgan fingerprint density at radius 3 is 2.85 bits per heavy atom. The fourth-order valence-electron chi connectivity index (χ4n) is 2.29. The largest absolute Gasteiger partial charge is 0.462 e. The Kier molecular flexibility index (Phi) is 3.26. The Balaban J connectivity index is 2.08. The van der Waals surface area contributed by atoms with E-state index in [9.17, 15) is 9.18 Å². The van der Waals surface area contributed by atoms with E-state index in [1.807, 2.05) is 0 Å². The minimum atomic E-state index is -0.392. The highest BCUT2D eigenvalue weighted by Gasteiger charge is 2.33. The van der Waals surface area contributed by atoms with Crippen LogP contribution in [0.3, 0.4) is 0 Å². The second kappa shape index (κ2) is 5.07. The van der Waals surface area contributed by atoms with Gasteiger partial charge in [-0.2, -0.15) is 5.10 Å². The van der Waals surface area contributed by atoms with Crippen LogP contribution in [-0.2, 0) is 4.74 Å². The maximum Gasteiger partial charge on any atom is 0.341 e. The summed E-state index contributed by atoms with van der Waals surface area (Å²) in [6.45, 7) is 2.07. The van der Waals surface area contributed by atoms with Crippen molar-refractivity contribution in [2.75, 3.05) is 6.61 Å². The van der Waals surface area contributed by atoms with Crippen molar-refractivity contribution in [3.8, 4) is 5.69 Å². The van der Waals surface area contributed by atoms with Gasteiger partial charge in [-0.25, -0.2) is 13.9 Å². The average Bonchev–Trinajstić information content (AvgIpc) is 3.18. The molecule has 1 saturated carbocycles. The lowest BCUT2D eigenvalue weighted by Crippen LogP contribution is -2.09. The average molecular weight is 274 g/mol. The van der Waals surface area contributed by atoms with Crippen molar-refractivity contribution < 1.29 is 13.9 Å². The molecule has 1 aliphatic carbocycles. The van der Waals surface area contributed by atoms with Crippen LogP contribution in [0.4, 0.5) is 4.39 Å². The summed E-state index contributed by atoms with van der Waals surface area (Å²) in [7, 11) is 0. The summed E-state index contributed by atoms with van der Waals surface area (Å²) < 4.78 is 20.5. The number of carbonyl (C=O) groups excluding carboxylic acids is 1. The van der Waals surface area contributed by atoms with Crippen molar-refractivity contribution in [3.05, 3.63) is 47.5 Å². The first-order chi connectivity index (χ1) is 9.72. The highest BCUT2D eigenvalue weighted by atomic mass is 19.1. The Bertz CT molecular complexity index is 647. The molecule has 104 valence electrons. The smallest absolute Gasteiger partial charge is 0.341 e. The molecule has 20 heavy (non-hydrogen) atoms. The van der Waals surface area contributed by atoms with Crippen LogP contribution in [-0.4, -0.2) is 22.4 Å². The number of halogens is 1. The molecule has 0 spiro atoms. The zero-order valence-electron chi connectivity index (χ0n) is 11.2. The Hall–Kier alpha value is -2.17. The van der Waals surface area contributed by atoms with Crippen LogP contribution < -0.4 is 0 Å². The molecule has 1 fully saturated rings. The number of rotatable bonds is 4. The number of carbonyl (C=O) groups is 1. The third-order valence-electron chi connectivity index (χ3n) is 3.35. The van der Waals surface area contributed by atoms with E-state index in [0.717, 1.165) is 18.5 Å². The number of hydrogen-bond donors (Lipinski definition) is 0. The van der Waals surface area contributed by atoms with Gasteiger partial charge in [0.05, 0.1) is 18.5 Å². The molecule has 0 saturated heterocycles. The summed E-state index contributed by atoms with van der Waals surface area (Å²) in [6.07, 6.45) is 3.46. The zero-order valence-corrected chi connectivity index (χ0v) is 11.2. The quantitative estimate of drug-likeness (QED) is 0.805. The van der Waals surface area contributed by atoms with E-state index >= 15 is 0 Å². The van der Waals surface area contributed by atoms with E-state index in [0.29, 0.717) is 17.9 Å². The number of para-hydroxylation sites is 1. The summed E-state index contributed by atoms with van der Waals surface area (Å²) in [6, 6.07) is 6.42. The third kappa shape index (κ3) is 2.19. The standard InChI is InChI=1S/C15H15FN2O2/c1-2-20-15(19)11-9-17-18(14(11)10-7-8-10)13-6-4-3-5-12(13)16/h3-6,9-10H,2,7-8H2,1H3. The molecule has 0 unspecified atom stereocenters. The number of aromatic nitrogens is 2. The van der Waals surface area contributed by atoms with E-state index in [1.54, 1.807) is 25.1 Å². The van der Waals surface area contributed by atoms with Crippen molar-refractivity contribution in [2.24, 2.45) is 0 Å². The van der Waals surface area contributed by atoms with Crippen LogP contribution >= 0.6 is 0 Å². The van der Waals surface area contributed by atoms with Crippen LogP contribution in [0, 0.1) is 5.82 Å². The van der Waals surface area contributed by atoms with Crippen molar-refractivity contribution >= 4 is 5.97 Å². The van der Waals surface area contributed by atoms with E-state index in [1.165, 1.54) is 16.9 Å². The Labute approximate surface area is 116 Å². The summed E-state index contributed by atoms with van der Waals surface area (Å²) in [4.78, 5) is 12.0. The lowest BCUT2D eigenvalue weighted by Gasteiger charge is -2.09. The van der Waals surface area contributed by atoms with Gasteiger partial charge in [-0.15, -0.1) is 0 Å². The van der Waals surface area contributed by atoms with Crippen LogP contribution in [0.25, 0.3) is 5.69 Å². The van der Waals surface area contributed by atoms with Crippen LogP contribution in [0.5, 0.6) is 0 Å². The number of nitrogens with zero attached hydrogens (tertiary/aromatic N) is 2. The second-order valence-corrected chi connectivity index (χ2v) is 4.80. The Morgan fingerprint density at radius 2 is 2.20 bits per heavy atom. The lowest BCUT2D eigenvalue weighted by atomic mass is 10.1. The monoisotopic (exact) mass is 274 g/mol. The first-order valence-corrected chi connectivity index (χ1v) is 6.72. The molecule has 0 aliphatic heterocycles. The van der Waals surface area contributed by atoms with Crippen molar-refractivity contribution in [1.29, 1.82) is 0 Å². The first kappa shape index (κ1) is 12.8. The fourth-order valence-corrected chi connectivity index (χ4v) is 2.29. The van der Waals surface area contributed by atoms with Crippen molar-refractivity contribution in [2.45, 2.75) is 25.7 Å². The number of esters is 1. The maximum atomic E-state index is 13.9. The topological polar surface area (TPSA) is 44.1 Å². The third-order valence-corrected chi connectivity index (χ3v) is 3.35. The SMILES string of the molecule is CCOC(=O)c1cnn(-c2ccccc2F)c1C1CC1. The number of benzene rings is 1. The first-order valence-electron chi connectivity index (χ1n) is 6.72. The molecular formula is C15H15FN2O2. The van der Waals surface area contributed by atoms with Crippen molar-refractivity contribution in [1.82, 2.24) is 9.78 Å². The molecular weight excluding hydrogens is 259 g/mol. The molecule has 1 aromatic carbocycles. The van der Waals surface area contributed by atoms with Crippen LogP contribution in [0.1, 0.15) is 41.7 Å². The summed E-state index contributed by atoms with van der Waals surface area (Å²) in [5, 5.41) is 4.19. The number of hydrogen-bond acceptors (Lipinski definition) is 3. The van der Waals surface area contributed by atoms with E-state index in [2.05, 4.69) is 5.10 Å². The molecule has 0 radical (unpaired) electrons. The molecule has 0 amide bonds. The number of ether oxygens (including phenoxy) is 1. The molecule has 3 rings (SSSR count). The van der Waals surface area contributed by atoms with Gasteiger partial charge in [-0.3, -0.25) is 0 Å². The predicted molar refractivity (Wildman–Crippen MR) is 71.5 cm³/mol. The molecule has 5 heteroatoms. The second-order valence-electron chi connectivity index (χ2n) is 4.80. The van der Waals surface area contributed by atoms with Gasteiger partial charge in [-0.05, 0) is 31.9 Å². The minimum Gasteiger partial charge on any atom is -0.462 e. The Morgan fingerprint density at radius 1 is 1.45 bits per heavy atom. The highest BCUT2D eigenvalue weighted by molar-refractivity contribution is 5.91. The molecule has 1 aromatic heterocycles. The van der Waals surface area contributed by atoms with Gasteiger partial charge < -0.3 is 4.74 Å². The van der Waals surface area contributed by atoms with Crippen LogP contribution in [0.2, 0.25) is 0 Å². The molecule has 1 aliphatic rings. The van der Waals surface area contributed by atoms with Gasteiger partial charge in [-0.1, -0.05) is 12.1 Å². The summed E-state index contributed by atoms with van der Waals surface area (Å²) in [5.41, 5.74) is 1.57. The lowest BCUT2D eigenvalue weighted by molar-refractivity contribution is 0.0525. The van der Waals surface area contributed by atoms with Gasteiger partial charge >= 0.3 is 5.97 Å². The fraction of sp³-hybridized carbons (Fsp3) is 0.333. The molecule has 0 atom stereocenters. The van der Waals surface area contributed by atoms with Gasteiger partial charge in [0.1, 0.15) is 17.1 Å². The maximum absolute atomic E-state index is 13.9. The van der Waals surface area contributed by atoms with Crippen molar-refractivity contribution in [3.63, 3.8) is 0 Å². The van der Waals surface area contributed by atoms with E-state index in [-0.39, 0.29) is 11.7 Å². The summed E-state index contributed by atoms with van der Waals surface area (Å²) >= 11 is 0. The molecule has 2 aromatic rings. The minimum absolute atomic E-state index is 0.261. The van der Waals surface area contributed by atoms with E-state index in [4.69, 9.17) is 4.74 Å². The molecule has 0 N–H and O–H groups in total.